The molecule has 4 rings (SSSR count). The summed E-state index contributed by atoms with van der Waals surface area (Å²) in [6.45, 7) is 6.17. The number of hydrogen-bond acceptors (Lipinski definition) is 6. The molecule has 0 spiro atoms. The van der Waals surface area contributed by atoms with E-state index in [4.69, 9.17) is 9.72 Å². The summed E-state index contributed by atoms with van der Waals surface area (Å²) < 4.78 is 31.4. The number of methoxy groups -OCH3 is 1. The second-order valence-corrected chi connectivity index (χ2v) is 11.3. The number of hydrogen-bond donors (Lipinski definition) is 1. The standard InChI is InChI=1S/C26H27N3O5S/c1-26(2,3)21-14-18(29-11-10-19(30)15-24(29)31)13-20(25(21)34-4)23-8-6-16-12-17(28-35(5,32)33)7-9-22(16)27-23/h6-14,28H,15H2,1-5H3. The van der Waals surface area contributed by atoms with Crippen LogP contribution >= 0.6 is 0 Å². The van der Waals surface area contributed by atoms with Crippen molar-refractivity contribution in [2.75, 3.05) is 23.0 Å². The van der Waals surface area contributed by atoms with Gasteiger partial charge in [-0.05, 0) is 47.9 Å². The average molecular weight is 494 g/mol. The molecule has 0 saturated carbocycles. The predicted octanol–water partition coefficient (Wildman–Crippen LogP) is 4.40. The Labute approximate surface area is 204 Å². The van der Waals surface area contributed by atoms with Gasteiger partial charge in [-0.15, -0.1) is 0 Å². The molecule has 0 radical (unpaired) electrons. The summed E-state index contributed by atoms with van der Waals surface area (Å²) >= 11 is 0. The van der Waals surface area contributed by atoms with Crippen molar-refractivity contribution in [3.8, 4) is 17.0 Å². The molecule has 3 aromatic rings. The molecule has 1 N–H and O–H groups in total. The molecule has 8 nitrogen and oxygen atoms in total. The SMILES string of the molecule is COc1c(-c2ccc3cc(NS(C)(=O)=O)ccc3n2)cc(N2C=CC(=O)CC2=O)cc1C(C)(C)C. The van der Waals surface area contributed by atoms with Crippen LogP contribution in [0.5, 0.6) is 5.75 Å². The molecule has 0 unspecified atom stereocenters. The summed E-state index contributed by atoms with van der Waals surface area (Å²) in [5.41, 5.74) is 3.66. The second kappa shape index (κ2) is 8.81. The Morgan fingerprint density at radius 1 is 1.06 bits per heavy atom. The highest BCUT2D eigenvalue weighted by molar-refractivity contribution is 7.92. The smallest absolute Gasteiger partial charge is 0.238 e. The van der Waals surface area contributed by atoms with Crippen molar-refractivity contribution in [1.29, 1.82) is 0 Å². The lowest BCUT2D eigenvalue weighted by atomic mass is 9.84. The van der Waals surface area contributed by atoms with E-state index in [9.17, 15) is 18.0 Å². The third-order valence-corrected chi connectivity index (χ3v) is 6.24. The maximum Gasteiger partial charge on any atom is 0.238 e. The number of anilines is 2. The summed E-state index contributed by atoms with van der Waals surface area (Å²) in [4.78, 5) is 30.6. The molecule has 0 aliphatic carbocycles. The number of allylic oxidation sites excluding steroid dienone is 1. The van der Waals surface area contributed by atoms with Crippen LogP contribution in [0, 0.1) is 0 Å². The number of pyridine rings is 1. The van der Waals surface area contributed by atoms with Gasteiger partial charge in [0.2, 0.25) is 15.9 Å². The fourth-order valence-electron chi connectivity index (χ4n) is 4.04. The van der Waals surface area contributed by atoms with Crippen LogP contribution in [0.1, 0.15) is 32.8 Å². The van der Waals surface area contributed by atoms with Crippen molar-refractivity contribution in [3.05, 3.63) is 60.3 Å². The van der Waals surface area contributed by atoms with Crippen molar-refractivity contribution in [1.82, 2.24) is 4.98 Å². The van der Waals surface area contributed by atoms with Gasteiger partial charge in [0, 0.05) is 34.1 Å². The van der Waals surface area contributed by atoms with Gasteiger partial charge in [0.25, 0.3) is 0 Å². The predicted molar refractivity (Wildman–Crippen MR) is 137 cm³/mol. The Morgan fingerprint density at radius 3 is 2.43 bits per heavy atom. The van der Waals surface area contributed by atoms with Gasteiger partial charge in [-0.3, -0.25) is 19.2 Å². The zero-order chi connectivity index (χ0) is 25.5. The fourth-order valence-corrected chi connectivity index (χ4v) is 4.59. The topological polar surface area (TPSA) is 106 Å². The molecular formula is C26H27N3O5S. The lowest BCUT2D eigenvalue weighted by Gasteiger charge is -2.28. The summed E-state index contributed by atoms with van der Waals surface area (Å²) in [6.07, 6.45) is 3.82. The molecule has 0 atom stereocenters. The van der Waals surface area contributed by atoms with Crippen LogP contribution in [0.25, 0.3) is 22.2 Å². The minimum atomic E-state index is -3.39. The lowest BCUT2D eigenvalue weighted by Crippen LogP contribution is -2.31. The van der Waals surface area contributed by atoms with E-state index in [-0.39, 0.29) is 23.5 Å². The molecule has 2 aromatic carbocycles. The molecule has 35 heavy (non-hydrogen) atoms. The van der Waals surface area contributed by atoms with E-state index in [1.54, 1.807) is 25.3 Å². The molecule has 182 valence electrons. The number of sulfonamides is 1. The average Bonchev–Trinajstić information content (AvgIpc) is 2.76. The minimum absolute atomic E-state index is 0.180. The van der Waals surface area contributed by atoms with Crippen molar-refractivity contribution in [3.63, 3.8) is 0 Å². The van der Waals surface area contributed by atoms with E-state index in [0.29, 0.717) is 33.9 Å². The number of rotatable bonds is 5. The zero-order valence-corrected chi connectivity index (χ0v) is 21.1. The number of aromatic nitrogens is 1. The van der Waals surface area contributed by atoms with E-state index in [2.05, 4.69) is 25.5 Å². The van der Waals surface area contributed by atoms with Crippen LogP contribution in [0.4, 0.5) is 11.4 Å². The zero-order valence-electron chi connectivity index (χ0n) is 20.2. The molecular weight excluding hydrogens is 466 g/mol. The van der Waals surface area contributed by atoms with E-state index < -0.39 is 10.0 Å². The van der Waals surface area contributed by atoms with Crippen LogP contribution < -0.4 is 14.4 Å². The first kappa shape index (κ1) is 24.4. The minimum Gasteiger partial charge on any atom is -0.496 e. The van der Waals surface area contributed by atoms with Crippen molar-refractivity contribution >= 4 is 44.0 Å². The van der Waals surface area contributed by atoms with Gasteiger partial charge in [0.15, 0.2) is 5.78 Å². The van der Waals surface area contributed by atoms with Gasteiger partial charge in [0.1, 0.15) is 5.75 Å². The largest absolute Gasteiger partial charge is 0.496 e. The maximum absolute atomic E-state index is 12.6. The Kier molecular flexibility index (Phi) is 6.14. The quantitative estimate of drug-likeness (QED) is 0.528. The van der Waals surface area contributed by atoms with Gasteiger partial charge in [-0.25, -0.2) is 13.4 Å². The molecule has 1 aromatic heterocycles. The molecule has 0 bridgehead atoms. The van der Waals surface area contributed by atoms with Gasteiger partial charge < -0.3 is 4.74 Å². The number of ether oxygens (including phenoxy) is 1. The van der Waals surface area contributed by atoms with Gasteiger partial charge in [-0.2, -0.15) is 0 Å². The summed E-state index contributed by atoms with van der Waals surface area (Å²) in [5, 5.41) is 0.765. The molecule has 0 saturated heterocycles. The van der Waals surface area contributed by atoms with E-state index in [0.717, 1.165) is 17.2 Å². The van der Waals surface area contributed by atoms with E-state index in [1.165, 1.54) is 17.2 Å². The monoisotopic (exact) mass is 493 g/mol. The highest BCUT2D eigenvalue weighted by Gasteiger charge is 2.27. The third kappa shape index (κ3) is 5.19. The fraction of sp³-hybridized carbons (Fsp3) is 0.269. The number of benzene rings is 2. The summed E-state index contributed by atoms with van der Waals surface area (Å²) in [6, 6.07) is 12.6. The molecule has 1 aliphatic heterocycles. The van der Waals surface area contributed by atoms with Crippen LogP contribution in [-0.2, 0) is 25.0 Å². The van der Waals surface area contributed by atoms with E-state index >= 15 is 0 Å². The van der Waals surface area contributed by atoms with Crippen LogP contribution in [0.3, 0.4) is 0 Å². The maximum atomic E-state index is 12.6. The van der Waals surface area contributed by atoms with Gasteiger partial charge in [-0.1, -0.05) is 26.8 Å². The highest BCUT2D eigenvalue weighted by Crippen LogP contribution is 2.42. The Bertz CT molecular complexity index is 1490. The summed E-state index contributed by atoms with van der Waals surface area (Å²) in [7, 11) is -1.79. The van der Waals surface area contributed by atoms with Crippen molar-refractivity contribution in [2.24, 2.45) is 0 Å². The van der Waals surface area contributed by atoms with Crippen LogP contribution in [-0.4, -0.2) is 38.5 Å². The van der Waals surface area contributed by atoms with Crippen molar-refractivity contribution < 1.29 is 22.7 Å². The highest BCUT2D eigenvalue weighted by atomic mass is 32.2. The number of carbonyl (C=O) groups excluding carboxylic acids is 2. The van der Waals surface area contributed by atoms with E-state index in [1.807, 2.05) is 24.3 Å². The Morgan fingerprint density at radius 2 is 1.80 bits per heavy atom. The number of nitrogens with zero attached hydrogens (tertiary/aromatic N) is 2. The number of fused-ring (bicyclic) bond motifs is 1. The molecule has 2 heterocycles. The lowest BCUT2D eigenvalue weighted by molar-refractivity contribution is -0.124. The second-order valence-electron chi connectivity index (χ2n) is 9.52. The summed E-state index contributed by atoms with van der Waals surface area (Å²) in [5.74, 6) is 0.121. The first-order valence-electron chi connectivity index (χ1n) is 11.0. The van der Waals surface area contributed by atoms with Crippen LogP contribution in [0.2, 0.25) is 0 Å². The number of ketones is 1. The van der Waals surface area contributed by atoms with Crippen molar-refractivity contribution in [2.45, 2.75) is 32.6 Å². The van der Waals surface area contributed by atoms with Gasteiger partial charge in [0.05, 0.1) is 31.0 Å². The molecule has 1 amide bonds. The number of amides is 1. The van der Waals surface area contributed by atoms with Crippen LogP contribution in [0.15, 0.2) is 54.7 Å². The normalized spacial score (nSPS) is 14.5. The Balaban J connectivity index is 1.89. The van der Waals surface area contributed by atoms with Gasteiger partial charge >= 0.3 is 0 Å². The Hall–Kier alpha value is -3.72. The molecule has 9 heteroatoms. The molecule has 1 aliphatic rings. The number of carbonyl (C=O) groups is 2. The first-order valence-corrected chi connectivity index (χ1v) is 12.9. The first-order chi connectivity index (χ1) is 16.4. The third-order valence-electron chi connectivity index (χ3n) is 5.64. The molecule has 0 fully saturated rings. The number of nitrogens with one attached hydrogen (secondary N) is 1.